The number of fused-ring (bicyclic) bond motifs is 1. The number of methoxy groups -OCH3 is 1. The number of esters is 1. The molecule has 3 rings (SSSR count). The van der Waals surface area contributed by atoms with Crippen molar-refractivity contribution in [1.29, 1.82) is 0 Å². The van der Waals surface area contributed by atoms with Crippen LogP contribution in [0.25, 0.3) is 0 Å². The van der Waals surface area contributed by atoms with Crippen LogP contribution in [0, 0.1) is 5.92 Å². The van der Waals surface area contributed by atoms with E-state index in [1.54, 1.807) is 26.2 Å². The van der Waals surface area contributed by atoms with Gasteiger partial charge in [-0.25, -0.2) is 0 Å². The third-order valence-corrected chi connectivity index (χ3v) is 4.64. The van der Waals surface area contributed by atoms with Crippen LogP contribution in [-0.2, 0) is 16.0 Å². The van der Waals surface area contributed by atoms with E-state index in [0.29, 0.717) is 23.4 Å². The standard InChI is InChI=1S/C20H18BrNO4/c1-3-26-20(24)18-17(10-12-4-7-14(25-2)8-5-12)22-16-9-6-13(21)11-15(16)19(18)23/h4-9,11,18H,3,10H2,1-2H3. The number of rotatable bonds is 5. The Bertz CT molecular complexity index is 874. The highest BCUT2D eigenvalue weighted by Crippen LogP contribution is 2.32. The number of hydrogen-bond acceptors (Lipinski definition) is 5. The van der Waals surface area contributed by atoms with Crippen molar-refractivity contribution in [2.24, 2.45) is 10.9 Å². The van der Waals surface area contributed by atoms with E-state index in [1.807, 2.05) is 30.3 Å². The zero-order chi connectivity index (χ0) is 18.7. The van der Waals surface area contributed by atoms with Crippen molar-refractivity contribution < 1.29 is 19.1 Å². The molecule has 0 saturated heterocycles. The Balaban J connectivity index is 2.00. The highest BCUT2D eigenvalue weighted by Gasteiger charge is 2.38. The molecule has 2 aromatic rings. The molecule has 0 fully saturated rings. The quantitative estimate of drug-likeness (QED) is 0.543. The van der Waals surface area contributed by atoms with Crippen molar-refractivity contribution in [1.82, 2.24) is 0 Å². The van der Waals surface area contributed by atoms with E-state index in [1.165, 1.54) is 0 Å². The first kappa shape index (κ1) is 18.3. The molecule has 0 aliphatic carbocycles. The van der Waals surface area contributed by atoms with E-state index in [9.17, 15) is 9.59 Å². The van der Waals surface area contributed by atoms with Crippen LogP contribution in [0.15, 0.2) is 51.9 Å². The highest BCUT2D eigenvalue weighted by molar-refractivity contribution is 9.10. The Hall–Kier alpha value is -2.47. The smallest absolute Gasteiger partial charge is 0.322 e. The van der Waals surface area contributed by atoms with Crippen LogP contribution in [0.3, 0.4) is 0 Å². The van der Waals surface area contributed by atoms with Crippen molar-refractivity contribution >= 4 is 39.1 Å². The number of ketones is 1. The van der Waals surface area contributed by atoms with Crippen LogP contribution in [0.2, 0.25) is 0 Å². The van der Waals surface area contributed by atoms with Gasteiger partial charge in [-0.2, -0.15) is 0 Å². The second-order valence-electron chi connectivity index (χ2n) is 5.84. The van der Waals surface area contributed by atoms with E-state index < -0.39 is 11.9 Å². The topological polar surface area (TPSA) is 65.0 Å². The Morgan fingerprint density at radius 1 is 1.19 bits per heavy atom. The molecule has 1 heterocycles. The van der Waals surface area contributed by atoms with Gasteiger partial charge >= 0.3 is 5.97 Å². The van der Waals surface area contributed by atoms with E-state index in [4.69, 9.17) is 9.47 Å². The maximum absolute atomic E-state index is 13.0. The summed E-state index contributed by atoms with van der Waals surface area (Å²) < 4.78 is 11.1. The largest absolute Gasteiger partial charge is 0.497 e. The van der Waals surface area contributed by atoms with E-state index in [0.717, 1.165) is 15.8 Å². The molecule has 0 saturated carbocycles. The Morgan fingerprint density at radius 3 is 2.58 bits per heavy atom. The third-order valence-electron chi connectivity index (χ3n) is 4.15. The normalized spacial score (nSPS) is 15.9. The second kappa shape index (κ2) is 7.83. The van der Waals surface area contributed by atoms with E-state index in [-0.39, 0.29) is 12.4 Å². The summed E-state index contributed by atoms with van der Waals surface area (Å²) in [6.45, 7) is 1.93. The lowest BCUT2D eigenvalue weighted by Crippen LogP contribution is -2.36. The summed E-state index contributed by atoms with van der Waals surface area (Å²) in [6.07, 6.45) is 0.384. The molecular formula is C20H18BrNO4. The number of ether oxygens (including phenoxy) is 2. The van der Waals surface area contributed by atoms with Crippen LogP contribution in [0.5, 0.6) is 5.75 Å². The van der Waals surface area contributed by atoms with Gasteiger partial charge in [0.1, 0.15) is 5.75 Å². The van der Waals surface area contributed by atoms with Crippen LogP contribution in [-0.4, -0.2) is 31.2 Å². The molecular weight excluding hydrogens is 398 g/mol. The molecule has 1 aliphatic rings. The first-order valence-electron chi connectivity index (χ1n) is 8.24. The van der Waals surface area contributed by atoms with Crippen molar-refractivity contribution in [2.75, 3.05) is 13.7 Å². The van der Waals surface area contributed by atoms with Gasteiger partial charge in [-0.15, -0.1) is 0 Å². The summed E-state index contributed by atoms with van der Waals surface area (Å²) in [6, 6.07) is 12.8. The molecule has 0 N–H and O–H groups in total. The van der Waals surface area contributed by atoms with Crippen LogP contribution in [0.1, 0.15) is 22.8 Å². The van der Waals surface area contributed by atoms with Crippen molar-refractivity contribution in [3.05, 3.63) is 58.1 Å². The van der Waals surface area contributed by atoms with Crippen LogP contribution in [0.4, 0.5) is 5.69 Å². The minimum atomic E-state index is -1.01. The van der Waals surface area contributed by atoms with Gasteiger partial charge < -0.3 is 9.47 Å². The lowest BCUT2D eigenvalue weighted by atomic mass is 9.86. The number of hydrogen-bond donors (Lipinski definition) is 0. The lowest BCUT2D eigenvalue weighted by Gasteiger charge is -2.23. The van der Waals surface area contributed by atoms with Gasteiger partial charge in [0.05, 0.1) is 19.4 Å². The van der Waals surface area contributed by atoms with E-state index >= 15 is 0 Å². The number of nitrogens with zero attached hydrogens (tertiary/aromatic N) is 1. The van der Waals surface area contributed by atoms with Gasteiger partial charge in [-0.1, -0.05) is 28.1 Å². The Kier molecular flexibility index (Phi) is 5.52. The zero-order valence-corrected chi connectivity index (χ0v) is 16.1. The molecule has 6 heteroatoms. The van der Waals surface area contributed by atoms with Gasteiger partial charge in [0, 0.05) is 22.2 Å². The number of halogens is 1. The first-order chi connectivity index (χ1) is 12.5. The second-order valence-corrected chi connectivity index (χ2v) is 6.75. The summed E-state index contributed by atoms with van der Waals surface area (Å²) >= 11 is 3.36. The predicted molar refractivity (Wildman–Crippen MR) is 102 cm³/mol. The van der Waals surface area contributed by atoms with Crippen LogP contribution >= 0.6 is 15.9 Å². The average molecular weight is 416 g/mol. The van der Waals surface area contributed by atoms with Crippen molar-refractivity contribution in [2.45, 2.75) is 13.3 Å². The molecule has 5 nitrogen and oxygen atoms in total. The number of aliphatic imine (C=N–C) groups is 1. The van der Waals surface area contributed by atoms with Gasteiger partial charge in [-0.3, -0.25) is 14.6 Å². The van der Waals surface area contributed by atoms with Gasteiger partial charge in [0.15, 0.2) is 11.7 Å². The maximum atomic E-state index is 13.0. The van der Waals surface area contributed by atoms with Gasteiger partial charge in [-0.05, 0) is 42.8 Å². The first-order valence-corrected chi connectivity index (χ1v) is 9.03. The summed E-state index contributed by atoms with van der Waals surface area (Å²) in [5.41, 5.74) is 2.43. The summed E-state index contributed by atoms with van der Waals surface area (Å²) in [5.74, 6) is -1.11. The molecule has 2 aromatic carbocycles. The molecule has 1 aliphatic heterocycles. The average Bonchev–Trinajstić information content (AvgIpc) is 2.63. The zero-order valence-electron chi connectivity index (χ0n) is 14.5. The van der Waals surface area contributed by atoms with Gasteiger partial charge in [0.2, 0.25) is 0 Å². The number of Topliss-reactive ketones (excluding diaryl/α,β-unsaturated/α-hetero) is 1. The maximum Gasteiger partial charge on any atom is 0.322 e. The molecule has 0 amide bonds. The SMILES string of the molecule is CCOC(=O)C1C(=O)c2cc(Br)ccc2N=C1Cc1ccc(OC)cc1. The molecule has 0 radical (unpaired) electrons. The predicted octanol–water partition coefficient (Wildman–Crippen LogP) is 4.15. The lowest BCUT2D eigenvalue weighted by molar-refractivity contribution is -0.144. The molecule has 26 heavy (non-hydrogen) atoms. The fraction of sp³-hybridized carbons (Fsp3) is 0.250. The highest BCUT2D eigenvalue weighted by atomic mass is 79.9. The van der Waals surface area contributed by atoms with Crippen LogP contribution < -0.4 is 4.74 Å². The number of benzene rings is 2. The third kappa shape index (κ3) is 3.70. The van der Waals surface area contributed by atoms with Crippen molar-refractivity contribution in [3.63, 3.8) is 0 Å². The van der Waals surface area contributed by atoms with Gasteiger partial charge in [0.25, 0.3) is 0 Å². The molecule has 0 spiro atoms. The fourth-order valence-corrected chi connectivity index (χ4v) is 3.25. The minimum Gasteiger partial charge on any atom is -0.497 e. The van der Waals surface area contributed by atoms with E-state index in [2.05, 4.69) is 20.9 Å². The monoisotopic (exact) mass is 415 g/mol. The molecule has 0 bridgehead atoms. The summed E-state index contributed by atoms with van der Waals surface area (Å²) in [5, 5.41) is 0. The summed E-state index contributed by atoms with van der Waals surface area (Å²) in [4.78, 5) is 30.0. The number of carbonyl (C=O) groups is 2. The minimum absolute atomic E-state index is 0.212. The molecule has 0 aromatic heterocycles. The Labute approximate surface area is 160 Å². The molecule has 1 atom stereocenters. The molecule has 134 valence electrons. The van der Waals surface area contributed by atoms with Crippen molar-refractivity contribution in [3.8, 4) is 5.75 Å². The fourth-order valence-electron chi connectivity index (χ4n) is 2.89. The summed E-state index contributed by atoms with van der Waals surface area (Å²) in [7, 11) is 1.60. The molecule has 1 unspecified atom stereocenters. The number of carbonyl (C=O) groups excluding carboxylic acids is 2. The Morgan fingerprint density at radius 2 is 1.92 bits per heavy atom.